The number of ether oxygens (including phenoxy) is 1. The van der Waals surface area contributed by atoms with E-state index in [0.29, 0.717) is 6.42 Å². The minimum absolute atomic E-state index is 0.0123. The summed E-state index contributed by atoms with van der Waals surface area (Å²) in [5, 5.41) is 10.2. The van der Waals surface area contributed by atoms with Gasteiger partial charge in [-0.1, -0.05) is 30.3 Å². The molecule has 0 spiro atoms. The van der Waals surface area contributed by atoms with Crippen molar-refractivity contribution in [2.24, 2.45) is 5.41 Å². The smallest absolute Gasteiger partial charge is 0.311 e. The monoisotopic (exact) mass is 340 g/mol. The Hall–Kier alpha value is -1.41. The fraction of sp³-hybridized carbons (Fsp3) is 0.500. The summed E-state index contributed by atoms with van der Waals surface area (Å²) >= 11 is 3.83. The van der Waals surface area contributed by atoms with Crippen molar-refractivity contribution in [1.29, 1.82) is 0 Å². The molecule has 0 saturated heterocycles. The molecule has 1 atom stereocenters. The minimum atomic E-state index is -0.677. The van der Waals surface area contributed by atoms with Gasteiger partial charge < -0.3 is 4.74 Å². The molecule has 0 aliphatic rings. The van der Waals surface area contributed by atoms with Crippen LogP contribution in [0.4, 0.5) is 0 Å². The van der Waals surface area contributed by atoms with Gasteiger partial charge in [-0.3, -0.25) is 14.8 Å². The predicted molar refractivity (Wildman–Crippen MR) is 90.0 cm³/mol. The van der Waals surface area contributed by atoms with Crippen molar-refractivity contribution < 1.29 is 19.5 Å². The molecule has 2 N–H and O–H groups in total. The summed E-state index contributed by atoms with van der Waals surface area (Å²) in [6.07, 6.45) is 0.391. The van der Waals surface area contributed by atoms with Crippen LogP contribution in [0.2, 0.25) is 0 Å². The maximum atomic E-state index is 11.6. The lowest BCUT2D eigenvalue weighted by atomic mass is 9.97. The van der Waals surface area contributed by atoms with Gasteiger partial charge in [-0.15, -0.1) is 17.8 Å². The number of hydrogen-bond acceptors (Lipinski definition) is 6. The van der Waals surface area contributed by atoms with Crippen LogP contribution in [-0.2, 0) is 20.7 Å². The highest BCUT2D eigenvalue weighted by molar-refractivity contribution is 7.96. The number of nitrogens with zero attached hydrogens (tertiary/aromatic N) is 1. The van der Waals surface area contributed by atoms with Crippen molar-refractivity contribution in [1.82, 2.24) is 10.6 Å². The molecule has 0 aliphatic heterocycles. The van der Waals surface area contributed by atoms with Gasteiger partial charge in [0.1, 0.15) is 6.61 Å². The minimum Gasteiger partial charge on any atom is -0.464 e. The molecule has 0 saturated carbocycles. The van der Waals surface area contributed by atoms with E-state index in [0.717, 1.165) is 10.7 Å². The standard InChI is InChI=1S/C16H24N2O4S/c1-16(2,3)15(20)22-10-9-18(21)17-13(14(19)23)11-12-7-5-4-6-8-12/h4-8,13,17,21H,9-11H2,1-3H3,(H,19,23). The quantitative estimate of drug-likeness (QED) is 0.381. The molecule has 1 unspecified atom stereocenters. The number of hydrogen-bond donors (Lipinski definition) is 3. The van der Waals surface area contributed by atoms with Gasteiger partial charge >= 0.3 is 5.97 Å². The van der Waals surface area contributed by atoms with Crippen LogP contribution in [0.15, 0.2) is 30.3 Å². The molecule has 0 aliphatic carbocycles. The topological polar surface area (TPSA) is 78.9 Å². The Labute approximate surface area is 142 Å². The Morgan fingerprint density at radius 2 is 1.91 bits per heavy atom. The number of carbonyl (C=O) groups excluding carboxylic acids is 2. The molecule has 0 amide bonds. The first-order valence-electron chi connectivity index (χ1n) is 7.36. The highest BCUT2D eigenvalue weighted by Gasteiger charge is 2.23. The summed E-state index contributed by atoms with van der Waals surface area (Å²) in [4.78, 5) is 23.2. The summed E-state index contributed by atoms with van der Waals surface area (Å²) in [7, 11) is 0. The Balaban J connectivity index is 2.44. The van der Waals surface area contributed by atoms with E-state index in [2.05, 4.69) is 18.1 Å². The summed E-state index contributed by atoms with van der Waals surface area (Å²) < 4.78 is 5.05. The zero-order chi connectivity index (χ0) is 17.5. The first kappa shape index (κ1) is 19.6. The van der Waals surface area contributed by atoms with Crippen LogP contribution in [0.25, 0.3) is 0 Å². The lowest BCUT2D eigenvalue weighted by molar-refractivity contribution is -0.170. The number of carbonyl (C=O) groups is 2. The van der Waals surface area contributed by atoms with Gasteiger partial charge in [-0.05, 0) is 32.8 Å². The molecule has 0 heterocycles. The van der Waals surface area contributed by atoms with Gasteiger partial charge in [0.25, 0.3) is 0 Å². The van der Waals surface area contributed by atoms with Gasteiger partial charge in [0, 0.05) is 0 Å². The van der Waals surface area contributed by atoms with E-state index >= 15 is 0 Å². The number of thiol groups is 1. The van der Waals surface area contributed by atoms with E-state index in [-0.39, 0.29) is 24.2 Å². The summed E-state index contributed by atoms with van der Waals surface area (Å²) in [6, 6.07) is 8.73. The van der Waals surface area contributed by atoms with Crippen LogP contribution < -0.4 is 5.43 Å². The molecule has 0 aromatic heterocycles. The lowest BCUT2D eigenvalue weighted by Crippen LogP contribution is -2.48. The Morgan fingerprint density at radius 1 is 1.30 bits per heavy atom. The molecule has 6 nitrogen and oxygen atoms in total. The van der Waals surface area contributed by atoms with Crippen LogP contribution in [0.3, 0.4) is 0 Å². The molecular formula is C16H24N2O4S. The van der Waals surface area contributed by atoms with E-state index in [1.807, 2.05) is 30.3 Å². The first-order chi connectivity index (χ1) is 10.7. The zero-order valence-electron chi connectivity index (χ0n) is 13.7. The molecule has 128 valence electrons. The third-order valence-corrected chi connectivity index (χ3v) is 3.35. The maximum absolute atomic E-state index is 11.6. The Kier molecular flexibility index (Phi) is 7.70. The van der Waals surface area contributed by atoms with Crippen LogP contribution in [0.1, 0.15) is 26.3 Å². The van der Waals surface area contributed by atoms with Crippen LogP contribution in [0, 0.1) is 5.41 Å². The number of hydroxylamine groups is 1. The Morgan fingerprint density at radius 3 is 2.43 bits per heavy atom. The zero-order valence-corrected chi connectivity index (χ0v) is 14.5. The molecule has 0 radical (unpaired) electrons. The highest BCUT2D eigenvalue weighted by Crippen LogP contribution is 2.14. The molecule has 1 rings (SSSR count). The second-order valence-electron chi connectivity index (χ2n) is 6.22. The van der Waals surface area contributed by atoms with Crippen molar-refractivity contribution >= 4 is 23.7 Å². The van der Waals surface area contributed by atoms with Gasteiger partial charge in [0.05, 0.1) is 18.0 Å². The van der Waals surface area contributed by atoms with Crippen molar-refractivity contribution in [2.45, 2.75) is 33.2 Å². The number of rotatable bonds is 8. The van der Waals surface area contributed by atoms with Gasteiger partial charge in [0.15, 0.2) is 0 Å². The molecule has 23 heavy (non-hydrogen) atoms. The van der Waals surface area contributed by atoms with Crippen LogP contribution >= 0.6 is 12.6 Å². The molecule has 1 aromatic carbocycles. The second-order valence-corrected chi connectivity index (χ2v) is 6.66. The maximum Gasteiger partial charge on any atom is 0.311 e. The Bertz CT molecular complexity index is 517. The summed E-state index contributed by atoms with van der Waals surface area (Å²) in [5.74, 6) is -0.350. The van der Waals surface area contributed by atoms with Crippen molar-refractivity contribution in [3.63, 3.8) is 0 Å². The number of esters is 1. The highest BCUT2D eigenvalue weighted by atomic mass is 32.1. The third-order valence-electron chi connectivity index (χ3n) is 3.03. The molecule has 7 heteroatoms. The van der Waals surface area contributed by atoms with E-state index in [9.17, 15) is 14.8 Å². The molecule has 0 fully saturated rings. The van der Waals surface area contributed by atoms with E-state index in [1.165, 1.54) is 0 Å². The first-order valence-corrected chi connectivity index (χ1v) is 7.81. The largest absolute Gasteiger partial charge is 0.464 e. The van der Waals surface area contributed by atoms with Gasteiger partial charge in [-0.25, -0.2) is 5.43 Å². The van der Waals surface area contributed by atoms with Crippen molar-refractivity contribution in [3.05, 3.63) is 35.9 Å². The summed E-state index contributed by atoms with van der Waals surface area (Å²) in [6.45, 7) is 5.30. The van der Waals surface area contributed by atoms with Crippen molar-refractivity contribution in [3.8, 4) is 0 Å². The normalized spacial score (nSPS) is 13.0. The SMILES string of the molecule is CC(C)(C)C(=O)OCCN(O)NC(Cc1ccccc1)C(=O)S. The molecular weight excluding hydrogens is 316 g/mol. The number of benzene rings is 1. The lowest BCUT2D eigenvalue weighted by Gasteiger charge is -2.23. The van der Waals surface area contributed by atoms with Crippen LogP contribution in [-0.4, -0.2) is 40.7 Å². The van der Waals surface area contributed by atoms with Crippen molar-refractivity contribution in [2.75, 3.05) is 13.2 Å². The summed E-state index contributed by atoms with van der Waals surface area (Å²) in [5.41, 5.74) is 3.00. The van der Waals surface area contributed by atoms with E-state index < -0.39 is 11.5 Å². The van der Waals surface area contributed by atoms with E-state index in [4.69, 9.17) is 4.74 Å². The molecule has 1 aromatic rings. The average Bonchev–Trinajstić information content (AvgIpc) is 2.46. The molecule has 0 bridgehead atoms. The van der Waals surface area contributed by atoms with Gasteiger partial charge in [0.2, 0.25) is 5.12 Å². The number of nitrogens with one attached hydrogen (secondary N) is 1. The second kappa shape index (κ2) is 9.02. The van der Waals surface area contributed by atoms with Gasteiger partial charge in [-0.2, -0.15) is 0 Å². The predicted octanol–water partition coefficient (Wildman–Crippen LogP) is 1.84. The fourth-order valence-corrected chi connectivity index (χ4v) is 1.87. The number of hydrazine groups is 1. The third kappa shape index (κ3) is 7.60. The fourth-order valence-electron chi connectivity index (χ4n) is 1.72. The average molecular weight is 340 g/mol. The van der Waals surface area contributed by atoms with Crippen LogP contribution in [0.5, 0.6) is 0 Å². The van der Waals surface area contributed by atoms with E-state index in [1.54, 1.807) is 20.8 Å².